The highest BCUT2D eigenvalue weighted by Gasteiger charge is 2.39. The molecule has 0 N–H and O–H groups in total. The molecule has 5 aliphatic rings. The Kier molecular flexibility index (Phi) is 10.5. The summed E-state index contributed by atoms with van der Waals surface area (Å²) in [5, 5.41) is 0. The maximum absolute atomic E-state index is 2.66. The summed E-state index contributed by atoms with van der Waals surface area (Å²) in [5.41, 5.74) is 16.8. The van der Waals surface area contributed by atoms with Crippen molar-refractivity contribution < 1.29 is 0 Å². The van der Waals surface area contributed by atoms with Gasteiger partial charge in [0.2, 0.25) is 0 Å². The highest BCUT2D eigenvalue weighted by atomic mass is 32.2. The monoisotopic (exact) mass is 777 g/mol. The number of rotatable bonds is 8. The van der Waals surface area contributed by atoms with E-state index in [9.17, 15) is 0 Å². The molecule has 0 aromatic heterocycles. The summed E-state index contributed by atoms with van der Waals surface area (Å²) in [6.45, 7) is 11.8. The van der Waals surface area contributed by atoms with E-state index in [1.54, 1.807) is 5.57 Å². The Balaban J connectivity index is 1.00. The largest absolute Gasteiger partial charge is 0.334 e. The van der Waals surface area contributed by atoms with Gasteiger partial charge < -0.3 is 4.90 Å². The zero-order chi connectivity index (χ0) is 40.0. The summed E-state index contributed by atoms with van der Waals surface area (Å²) in [6, 6.07) is 37.1. The molecule has 0 fully saturated rings. The molecule has 4 atom stereocenters. The van der Waals surface area contributed by atoms with Crippen LogP contribution in [-0.4, -0.2) is 12.3 Å². The highest BCUT2D eigenvalue weighted by Crippen LogP contribution is 2.53. The second-order valence-electron chi connectivity index (χ2n) is 18.7. The molecule has 4 aromatic rings. The number of thioether (sulfide) groups is 1. The Morgan fingerprint density at radius 2 is 1.47 bits per heavy atom. The van der Waals surface area contributed by atoms with Crippen LogP contribution in [0.25, 0.3) is 22.3 Å². The van der Waals surface area contributed by atoms with Crippen molar-refractivity contribution in [3.05, 3.63) is 196 Å². The minimum atomic E-state index is -0.00669. The van der Waals surface area contributed by atoms with Crippen molar-refractivity contribution in [1.82, 2.24) is 0 Å². The highest BCUT2D eigenvalue weighted by molar-refractivity contribution is 8.02. The Morgan fingerprint density at radius 1 is 0.707 bits per heavy atom. The lowest BCUT2D eigenvalue weighted by atomic mass is 9.74. The first kappa shape index (κ1) is 38.7. The van der Waals surface area contributed by atoms with Crippen LogP contribution in [0.3, 0.4) is 0 Å². The minimum absolute atomic E-state index is 0.00669. The van der Waals surface area contributed by atoms with Gasteiger partial charge in [0.05, 0.1) is 6.04 Å². The van der Waals surface area contributed by atoms with Gasteiger partial charge in [-0.3, -0.25) is 0 Å². The van der Waals surface area contributed by atoms with Crippen LogP contribution in [0.5, 0.6) is 0 Å². The van der Waals surface area contributed by atoms with Gasteiger partial charge in [-0.15, -0.1) is 11.8 Å². The van der Waals surface area contributed by atoms with Crippen LogP contribution in [0.2, 0.25) is 0 Å². The molecule has 0 radical (unpaired) electrons. The second kappa shape index (κ2) is 15.8. The molecule has 0 spiro atoms. The van der Waals surface area contributed by atoms with Gasteiger partial charge in [-0.2, -0.15) is 0 Å². The van der Waals surface area contributed by atoms with Crippen molar-refractivity contribution in [3.8, 4) is 11.1 Å². The molecule has 5 aliphatic carbocycles. The summed E-state index contributed by atoms with van der Waals surface area (Å²) >= 11 is 1.92. The van der Waals surface area contributed by atoms with Crippen molar-refractivity contribution in [2.24, 2.45) is 11.8 Å². The van der Waals surface area contributed by atoms with Crippen LogP contribution in [-0.2, 0) is 10.8 Å². The summed E-state index contributed by atoms with van der Waals surface area (Å²) in [6.07, 6.45) is 31.2. The normalized spacial score (nSPS) is 23.5. The Hall–Kier alpha value is -4.79. The fourth-order valence-electron chi connectivity index (χ4n) is 10.3. The first-order chi connectivity index (χ1) is 28.1. The van der Waals surface area contributed by atoms with E-state index in [1.807, 2.05) is 11.8 Å². The summed E-state index contributed by atoms with van der Waals surface area (Å²) in [7, 11) is 0. The SMILES string of the molecule is CSC1=C(c2ccccc2)C=CC(C2C=CC(N(c3ccccc3-c3ccc4c(c3)C3=C(CC(c5ccc(C(C)(C)C)cc5)C=C3)C4(C)C)C3C=CCCC3)=CC2)C1. The number of benzene rings is 4. The van der Waals surface area contributed by atoms with Gasteiger partial charge in [-0.1, -0.05) is 174 Å². The molecule has 9 rings (SSSR count). The van der Waals surface area contributed by atoms with E-state index in [-0.39, 0.29) is 10.8 Å². The van der Waals surface area contributed by atoms with Crippen molar-refractivity contribution in [1.29, 1.82) is 0 Å². The first-order valence-electron chi connectivity index (χ1n) is 21.7. The summed E-state index contributed by atoms with van der Waals surface area (Å²) in [4.78, 5) is 4.16. The van der Waals surface area contributed by atoms with E-state index in [0.717, 1.165) is 25.7 Å². The first-order valence-corrected chi connectivity index (χ1v) is 22.9. The Morgan fingerprint density at radius 3 is 2.19 bits per heavy atom. The van der Waals surface area contributed by atoms with E-state index in [0.29, 0.717) is 23.8 Å². The average molecular weight is 778 g/mol. The van der Waals surface area contributed by atoms with Crippen LogP contribution < -0.4 is 4.90 Å². The molecule has 294 valence electrons. The molecule has 0 amide bonds. The maximum Gasteiger partial charge on any atom is 0.0522 e. The third-order valence-electron chi connectivity index (χ3n) is 13.7. The number of anilines is 1. The van der Waals surface area contributed by atoms with Crippen molar-refractivity contribution in [2.45, 2.75) is 95.9 Å². The Labute approximate surface area is 352 Å². The van der Waals surface area contributed by atoms with Gasteiger partial charge in [0.1, 0.15) is 0 Å². The van der Waals surface area contributed by atoms with Gasteiger partial charge >= 0.3 is 0 Å². The smallest absolute Gasteiger partial charge is 0.0522 e. The molecule has 2 heteroatoms. The van der Waals surface area contributed by atoms with E-state index in [4.69, 9.17) is 0 Å². The number of fused-ring (bicyclic) bond motifs is 2. The standard InChI is InChI=1S/C56H59NS/c1-55(2,3)44-28-21-38(22-29-44)41-26-33-49-50-35-43(27-34-51(50)56(4,5)52(49)36-41)47-19-13-14-20-53(47)57(45-17-11-8-12-18-45)46-30-23-39(24-31-46)42-25-32-48(54(37-42)58-6)40-15-9-7-10-16-40/h7,9-11,13-17,19-23,25-35,39,41-42,45H,8,12,18,24,36-37H2,1-6H3. The molecule has 0 bridgehead atoms. The fourth-order valence-corrected chi connectivity index (χ4v) is 11.1. The number of hydrogen-bond acceptors (Lipinski definition) is 2. The predicted molar refractivity (Wildman–Crippen MR) is 252 cm³/mol. The zero-order valence-corrected chi connectivity index (χ0v) is 36.2. The van der Waals surface area contributed by atoms with Gasteiger partial charge in [-0.25, -0.2) is 0 Å². The number of hydrogen-bond donors (Lipinski definition) is 0. The van der Waals surface area contributed by atoms with E-state index in [2.05, 4.69) is 198 Å². The van der Waals surface area contributed by atoms with Gasteiger partial charge in [0, 0.05) is 28.3 Å². The minimum Gasteiger partial charge on any atom is -0.334 e. The van der Waals surface area contributed by atoms with E-state index >= 15 is 0 Å². The third kappa shape index (κ3) is 7.28. The zero-order valence-electron chi connectivity index (χ0n) is 35.3. The van der Waals surface area contributed by atoms with Crippen LogP contribution in [0.15, 0.2) is 168 Å². The molecule has 4 unspecified atom stereocenters. The number of para-hydroxylation sites is 1. The molecule has 0 saturated carbocycles. The van der Waals surface area contributed by atoms with Gasteiger partial charge in [-0.05, 0) is 130 Å². The van der Waals surface area contributed by atoms with Crippen LogP contribution in [0.4, 0.5) is 5.69 Å². The maximum atomic E-state index is 2.66. The molecule has 1 nitrogen and oxygen atoms in total. The average Bonchev–Trinajstić information content (AvgIpc) is 3.49. The van der Waals surface area contributed by atoms with Crippen LogP contribution in [0.1, 0.15) is 107 Å². The fraction of sp³-hybridized carbons (Fsp3) is 0.321. The van der Waals surface area contributed by atoms with Crippen molar-refractivity contribution in [3.63, 3.8) is 0 Å². The Bertz CT molecular complexity index is 2400. The lowest BCUT2D eigenvalue weighted by Gasteiger charge is -2.38. The predicted octanol–water partition coefficient (Wildman–Crippen LogP) is 15.2. The quantitative estimate of drug-likeness (QED) is 0.164. The molecular formula is C56H59NS. The van der Waals surface area contributed by atoms with Gasteiger partial charge in [0.15, 0.2) is 0 Å². The lowest BCUT2D eigenvalue weighted by molar-refractivity contribution is 0.473. The second-order valence-corrected chi connectivity index (χ2v) is 19.6. The van der Waals surface area contributed by atoms with Crippen LogP contribution >= 0.6 is 11.8 Å². The van der Waals surface area contributed by atoms with Crippen molar-refractivity contribution >= 4 is 28.6 Å². The summed E-state index contributed by atoms with van der Waals surface area (Å²) in [5.74, 6) is 1.40. The summed E-state index contributed by atoms with van der Waals surface area (Å²) < 4.78 is 0. The molecule has 0 saturated heterocycles. The number of nitrogens with zero attached hydrogens (tertiary/aromatic N) is 1. The van der Waals surface area contributed by atoms with Gasteiger partial charge in [0.25, 0.3) is 0 Å². The molecule has 4 aromatic carbocycles. The van der Waals surface area contributed by atoms with E-state index < -0.39 is 0 Å². The van der Waals surface area contributed by atoms with Crippen molar-refractivity contribution in [2.75, 3.05) is 11.2 Å². The van der Waals surface area contributed by atoms with Crippen LogP contribution in [0, 0.1) is 11.8 Å². The van der Waals surface area contributed by atoms with E-state index in [1.165, 1.54) is 79.2 Å². The number of allylic oxidation sites excluding steroid dienone is 12. The molecule has 0 aliphatic heterocycles. The molecule has 0 heterocycles. The molecular weight excluding hydrogens is 719 g/mol. The topological polar surface area (TPSA) is 3.24 Å². The lowest BCUT2D eigenvalue weighted by Crippen LogP contribution is -2.35. The third-order valence-corrected chi connectivity index (χ3v) is 14.6. The molecule has 58 heavy (non-hydrogen) atoms.